The average molecular weight is 569 g/mol. The van der Waals surface area contributed by atoms with Gasteiger partial charge >= 0.3 is 20.1 Å². The van der Waals surface area contributed by atoms with Gasteiger partial charge in [0.25, 0.3) is 0 Å². The molecule has 4 aromatic rings. The Morgan fingerprint density at radius 3 is 2.53 bits per heavy atom. The molecule has 0 amide bonds. The molecule has 0 aliphatic heterocycles. The summed E-state index contributed by atoms with van der Waals surface area (Å²) in [4.78, 5) is 4.45. The van der Waals surface area contributed by atoms with Crippen molar-refractivity contribution >= 4 is 10.8 Å². The maximum atomic E-state index is 4.45. The van der Waals surface area contributed by atoms with Gasteiger partial charge in [0.05, 0.1) is 0 Å². The third kappa shape index (κ3) is 5.65. The van der Waals surface area contributed by atoms with Crippen molar-refractivity contribution in [2.24, 2.45) is 0 Å². The SMILES string of the molecule is Cc1c[c-]c(C2[CH-]CCCC2)cc1.[Ir+3].[c-]1ccccc1-c1nccc2ccccc12. The first kappa shape index (κ1) is 22.4. The molecule has 1 atom stereocenters. The van der Waals surface area contributed by atoms with Gasteiger partial charge in [0.15, 0.2) is 0 Å². The van der Waals surface area contributed by atoms with Crippen molar-refractivity contribution in [1.82, 2.24) is 4.98 Å². The molecule has 1 aliphatic carbocycles. The van der Waals surface area contributed by atoms with Gasteiger partial charge in [-0.3, -0.25) is 0 Å². The van der Waals surface area contributed by atoms with E-state index in [1.54, 1.807) is 0 Å². The maximum absolute atomic E-state index is 4.45. The molecule has 1 saturated carbocycles. The molecule has 1 aliphatic rings. The summed E-state index contributed by atoms with van der Waals surface area (Å²) in [5.74, 6) is 0.675. The van der Waals surface area contributed by atoms with E-state index < -0.39 is 0 Å². The molecule has 0 N–H and O–H groups in total. The molecule has 1 aromatic heterocycles. The first-order chi connectivity index (χ1) is 14.3. The van der Waals surface area contributed by atoms with Gasteiger partial charge < -0.3 is 11.4 Å². The zero-order valence-corrected chi connectivity index (χ0v) is 19.7. The standard InChI is InChI=1S/C15H10N.C13H16.Ir/c1-2-7-13(8-3-1)15-14-9-5-4-6-12(14)10-11-16-15;1-11-7-9-13(10-8-11)12-5-3-2-4-6-12;/h1-7,9-11H;5,7-9,12H,2-4,6H2,1H3;/q-1;-2;+3. The fraction of sp³-hybridized carbons (Fsp3) is 0.214. The second-order valence-electron chi connectivity index (χ2n) is 7.60. The summed E-state index contributed by atoms with van der Waals surface area (Å²) in [5, 5.41) is 2.39. The second-order valence-corrected chi connectivity index (χ2v) is 7.60. The Labute approximate surface area is 193 Å². The van der Waals surface area contributed by atoms with E-state index in [0.717, 1.165) is 11.3 Å². The molecule has 0 bridgehead atoms. The van der Waals surface area contributed by atoms with Crippen molar-refractivity contribution in [2.75, 3.05) is 0 Å². The van der Waals surface area contributed by atoms with Crippen LogP contribution in [0.15, 0.2) is 79.0 Å². The number of aromatic nitrogens is 1. The zero-order chi connectivity index (χ0) is 19.9. The van der Waals surface area contributed by atoms with Crippen molar-refractivity contribution in [3.63, 3.8) is 0 Å². The Kier molecular flexibility index (Phi) is 8.37. The van der Waals surface area contributed by atoms with Gasteiger partial charge in [-0.15, -0.1) is 35.9 Å². The van der Waals surface area contributed by atoms with Crippen LogP contribution in [0.25, 0.3) is 22.0 Å². The van der Waals surface area contributed by atoms with Gasteiger partial charge in [0, 0.05) is 6.20 Å². The first-order valence-corrected chi connectivity index (χ1v) is 10.4. The van der Waals surface area contributed by atoms with Gasteiger partial charge in [-0.2, -0.15) is 47.7 Å². The van der Waals surface area contributed by atoms with E-state index in [1.807, 2.05) is 48.7 Å². The minimum Gasteiger partial charge on any atom is -0.323 e. The van der Waals surface area contributed by atoms with E-state index in [-0.39, 0.29) is 20.1 Å². The number of rotatable bonds is 2. The van der Waals surface area contributed by atoms with Crippen molar-refractivity contribution in [2.45, 2.75) is 38.5 Å². The number of hydrogen-bond acceptors (Lipinski definition) is 1. The van der Waals surface area contributed by atoms with Gasteiger partial charge in [-0.1, -0.05) is 50.5 Å². The van der Waals surface area contributed by atoms with Crippen LogP contribution in [0.3, 0.4) is 0 Å². The minimum atomic E-state index is 0. The van der Waals surface area contributed by atoms with E-state index in [2.05, 4.69) is 60.8 Å². The topological polar surface area (TPSA) is 12.9 Å². The fourth-order valence-corrected chi connectivity index (χ4v) is 3.85. The molecule has 2 heteroatoms. The smallest absolute Gasteiger partial charge is 0.323 e. The van der Waals surface area contributed by atoms with Crippen LogP contribution in [-0.2, 0) is 20.1 Å². The zero-order valence-electron chi connectivity index (χ0n) is 17.3. The Hall–Kier alpha value is -2.28. The Morgan fingerprint density at radius 2 is 1.80 bits per heavy atom. The number of hydrogen-bond donors (Lipinski definition) is 0. The third-order valence-electron chi connectivity index (χ3n) is 5.45. The quantitative estimate of drug-likeness (QED) is 0.230. The number of pyridine rings is 1. The second kappa shape index (κ2) is 11.2. The summed E-state index contributed by atoms with van der Waals surface area (Å²) in [6.45, 7) is 2.12. The summed E-state index contributed by atoms with van der Waals surface area (Å²) >= 11 is 0. The Bertz CT molecular complexity index is 1030. The molecule has 1 unspecified atom stereocenters. The molecule has 0 spiro atoms. The van der Waals surface area contributed by atoms with Crippen LogP contribution in [0.2, 0.25) is 0 Å². The molecular formula is C28H26IrN. The summed E-state index contributed by atoms with van der Waals surface area (Å²) in [5.41, 5.74) is 4.72. The van der Waals surface area contributed by atoms with Gasteiger partial charge in [0.1, 0.15) is 0 Å². The summed E-state index contributed by atoms with van der Waals surface area (Å²) in [7, 11) is 0. The van der Waals surface area contributed by atoms with Crippen LogP contribution in [0, 0.1) is 25.5 Å². The molecule has 5 rings (SSSR count). The van der Waals surface area contributed by atoms with Crippen LogP contribution in [-0.4, -0.2) is 4.98 Å². The van der Waals surface area contributed by atoms with E-state index >= 15 is 0 Å². The molecule has 0 saturated heterocycles. The van der Waals surface area contributed by atoms with E-state index in [0.29, 0.717) is 5.92 Å². The van der Waals surface area contributed by atoms with E-state index in [4.69, 9.17) is 0 Å². The van der Waals surface area contributed by atoms with E-state index in [9.17, 15) is 0 Å². The van der Waals surface area contributed by atoms with Crippen molar-refractivity contribution in [3.05, 3.63) is 109 Å². The van der Waals surface area contributed by atoms with Crippen LogP contribution in [0.4, 0.5) is 0 Å². The maximum Gasteiger partial charge on any atom is 3.00 e. The summed E-state index contributed by atoms with van der Waals surface area (Å²) in [6, 6.07) is 31.3. The monoisotopic (exact) mass is 569 g/mol. The van der Waals surface area contributed by atoms with Crippen molar-refractivity contribution in [3.8, 4) is 11.3 Å². The predicted octanol–water partition coefficient (Wildman–Crippen LogP) is 7.36. The number of benzene rings is 3. The molecule has 1 heterocycles. The molecule has 3 aromatic carbocycles. The Balaban J connectivity index is 0.000000169. The van der Waals surface area contributed by atoms with Gasteiger partial charge in [-0.05, 0) is 22.5 Å². The van der Waals surface area contributed by atoms with Gasteiger partial charge in [-0.25, -0.2) is 0 Å². The predicted molar refractivity (Wildman–Crippen MR) is 122 cm³/mol. The fourth-order valence-electron chi connectivity index (χ4n) is 3.85. The van der Waals surface area contributed by atoms with Gasteiger partial charge in [0.2, 0.25) is 0 Å². The molecular weight excluding hydrogens is 543 g/mol. The number of fused-ring (bicyclic) bond motifs is 1. The third-order valence-corrected chi connectivity index (χ3v) is 5.45. The normalized spacial score (nSPS) is 15.6. The largest absolute Gasteiger partial charge is 3.00 e. The number of nitrogens with zero attached hydrogens (tertiary/aromatic N) is 1. The van der Waals surface area contributed by atoms with Crippen LogP contribution < -0.4 is 0 Å². The average Bonchev–Trinajstić information content (AvgIpc) is 2.81. The van der Waals surface area contributed by atoms with Crippen LogP contribution >= 0.6 is 0 Å². The molecule has 30 heavy (non-hydrogen) atoms. The minimum absolute atomic E-state index is 0. The molecule has 1 nitrogen and oxygen atoms in total. The Morgan fingerprint density at radius 1 is 0.933 bits per heavy atom. The molecule has 1 fully saturated rings. The summed E-state index contributed by atoms with van der Waals surface area (Å²) in [6.07, 6.45) is 9.65. The summed E-state index contributed by atoms with van der Waals surface area (Å²) < 4.78 is 0. The van der Waals surface area contributed by atoms with Crippen molar-refractivity contribution < 1.29 is 20.1 Å². The van der Waals surface area contributed by atoms with E-state index in [1.165, 1.54) is 47.6 Å². The molecule has 0 radical (unpaired) electrons. The van der Waals surface area contributed by atoms with Crippen LogP contribution in [0.5, 0.6) is 0 Å². The van der Waals surface area contributed by atoms with Crippen molar-refractivity contribution in [1.29, 1.82) is 0 Å². The number of aryl methyl sites for hydroxylation is 1. The molecule has 152 valence electrons. The first-order valence-electron chi connectivity index (χ1n) is 10.4. The van der Waals surface area contributed by atoms with Crippen LogP contribution in [0.1, 0.15) is 42.7 Å².